The summed E-state index contributed by atoms with van der Waals surface area (Å²) in [7, 11) is 1.56. The smallest absolute Gasteiger partial charge is 0.387 e. The van der Waals surface area contributed by atoms with E-state index in [1.807, 2.05) is 27.2 Å². The predicted octanol–water partition coefficient (Wildman–Crippen LogP) is 19.3. The molecule has 0 saturated heterocycles. The van der Waals surface area contributed by atoms with Gasteiger partial charge in [0.05, 0.1) is 39.9 Å². The third-order valence-electron chi connectivity index (χ3n) is 14.3. The van der Waals surface area contributed by atoms with E-state index in [0.717, 1.165) is 38.5 Å². The zero-order chi connectivity index (χ0) is 52.7. The molecule has 426 valence electrons. The Bertz CT molecular complexity index is 1270. The van der Waals surface area contributed by atoms with Gasteiger partial charge in [-0.3, -0.25) is 13.8 Å². The number of carbonyl (C=O) groups excluding carboxylic acids is 1. The maximum atomic E-state index is 13.0. The van der Waals surface area contributed by atoms with Gasteiger partial charge in [-0.2, -0.15) is 0 Å². The number of hydrogen-bond donors (Lipinski definition) is 3. The normalized spacial score (nSPS) is 14.0. The van der Waals surface area contributed by atoms with Crippen molar-refractivity contribution >= 4 is 13.7 Å². The van der Waals surface area contributed by atoms with Crippen LogP contribution in [0.15, 0.2) is 36.5 Å². The van der Waals surface area contributed by atoms with E-state index in [0.29, 0.717) is 17.4 Å². The van der Waals surface area contributed by atoms with E-state index in [2.05, 4.69) is 43.5 Å². The average molecular weight is 1040 g/mol. The molecule has 0 fully saturated rings. The SMILES string of the molecule is CCCCCCCCCCCCCC/C=C\CCCCCCCCCCCCC(=O)NC(COP(=O)(O)OCC[N+](C)(C)C)C(O)/C=C/CC/C=C/CCCCCCCCCCCCCCCCCCCC. The number of amides is 1. The maximum absolute atomic E-state index is 13.0. The third kappa shape index (κ3) is 56.4. The standard InChI is InChI=1S/C63H123N2O6P/c1-6-8-10-12-14-16-18-20-22-24-26-28-30-32-33-35-37-39-41-43-45-47-49-51-53-55-57-63(67)64-61(60-71-72(68,69)70-59-58-65(3,4)5)62(66)56-54-52-50-48-46-44-42-40-38-36-34-31-29-27-25-23-21-19-17-15-13-11-9-7-2/h32-33,46,48,54,56,61-62,66H,6-31,34-45,47,49-53,55,57-60H2,1-5H3,(H-,64,67,68,69)/p+1/b33-32-,48-46+,56-54+. The molecule has 3 unspecified atom stereocenters. The van der Waals surface area contributed by atoms with Crippen LogP contribution in [0.5, 0.6) is 0 Å². The summed E-state index contributed by atoms with van der Waals surface area (Å²) in [6.45, 7) is 4.84. The molecule has 0 bridgehead atoms. The average Bonchev–Trinajstić information content (AvgIpc) is 3.34. The Hall–Kier alpha value is -1.28. The molecule has 8 nitrogen and oxygen atoms in total. The molecule has 0 aliphatic rings. The number of carbonyl (C=O) groups is 1. The van der Waals surface area contributed by atoms with Crippen LogP contribution in [0, 0.1) is 0 Å². The van der Waals surface area contributed by atoms with Crippen molar-refractivity contribution in [2.45, 2.75) is 321 Å². The highest BCUT2D eigenvalue weighted by molar-refractivity contribution is 7.47. The van der Waals surface area contributed by atoms with Gasteiger partial charge < -0.3 is 19.8 Å². The fourth-order valence-corrected chi connectivity index (χ4v) is 10.1. The van der Waals surface area contributed by atoms with Crippen molar-refractivity contribution in [2.24, 2.45) is 0 Å². The Morgan fingerprint density at radius 1 is 0.458 bits per heavy atom. The quantitative estimate of drug-likeness (QED) is 0.0243. The first-order chi connectivity index (χ1) is 35.0. The fraction of sp³-hybridized carbons (Fsp3) is 0.889. The summed E-state index contributed by atoms with van der Waals surface area (Å²) >= 11 is 0. The van der Waals surface area contributed by atoms with Crippen molar-refractivity contribution in [3.63, 3.8) is 0 Å². The first kappa shape index (κ1) is 70.7. The molecule has 3 atom stereocenters. The summed E-state index contributed by atoms with van der Waals surface area (Å²) in [5.74, 6) is -0.184. The van der Waals surface area contributed by atoms with Crippen molar-refractivity contribution in [3.05, 3.63) is 36.5 Å². The maximum Gasteiger partial charge on any atom is 0.472 e. The highest BCUT2D eigenvalue weighted by Crippen LogP contribution is 2.43. The minimum atomic E-state index is -4.36. The molecule has 0 aliphatic heterocycles. The molecular weight excluding hydrogens is 912 g/mol. The number of quaternary nitrogens is 1. The molecule has 0 aliphatic carbocycles. The van der Waals surface area contributed by atoms with Crippen molar-refractivity contribution in [2.75, 3.05) is 40.9 Å². The first-order valence-corrected chi connectivity index (χ1v) is 32.9. The van der Waals surface area contributed by atoms with E-state index in [-0.39, 0.29) is 19.1 Å². The van der Waals surface area contributed by atoms with Crippen LogP contribution in [0.4, 0.5) is 0 Å². The molecular formula is C63H124N2O6P+. The summed E-state index contributed by atoms with van der Waals surface area (Å²) in [5.41, 5.74) is 0. The molecule has 1 amide bonds. The number of likely N-dealkylation sites (N-methyl/N-ethyl adjacent to an activating group) is 1. The van der Waals surface area contributed by atoms with Crippen LogP contribution in [-0.2, 0) is 18.4 Å². The number of aliphatic hydroxyl groups excluding tert-OH is 1. The minimum absolute atomic E-state index is 0.0568. The Morgan fingerprint density at radius 2 is 0.764 bits per heavy atom. The van der Waals surface area contributed by atoms with Crippen LogP contribution in [0.2, 0.25) is 0 Å². The Balaban J connectivity index is 4.18. The number of nitrogens with one attached hydrogen (secondary N) is 1. The van der Waals surface area contributed by atoms with E-state index in [9.17, 15) is 19.4 Å². The lowest BCUT2D eigenvalue weighted by Gasteiger charge is -2.25. The van der Waals surface area contributed by atoms with Gasteiger partial charge in [0.1, 0.15) is 13.2 Å². The van der Waals surface area contributed by atoms with E-state index in [1.165, 1.54) is 250 Å². The van der Waals surface area contributed by atoms with E-state index in [4.69, 9.17) is 9.05 Å². The lowest BCUT2D eigenvalue weighted by Crippen LogP contribution is -2.45. The number of rotatable bonds is 58. The summed E-state index contributed by atoms with van der Waals surface area (Å²) in [5, 5.41) is 13.9. The number of aliphatic hydroxyl groups is 1. The Labute approximate surface area is 448 Å². The van der Waals surface area contributed by atoms with Gasteiger partial charge in [-0.25, -0.2) is 4.57 Å². The number of allylic oxidation sites excluding steroid dienone is 5. The molecule has 0 rings (SSSR count). The molecule has 0 aromatic rings. The summed E-state index contributed by atoms with van der Waals surface area (Å²) in [6, 6.07) is -0.864. The fourth-order valence-electron chi connectivity index (χ4n) is 9.41. The molecule has 0 aromatic carbocycles. The molecule has 3 N–H and O–H groups in total. The van der Waals surface area contributed by atoms with E-state index < -0.39 is 20.0 Å². The van der Waals surface area contributed by atoms with Crippen LogP contribution in [-0.4, -0.2) is 73.4 Å². The third-order valence-corrected chi connectivity index (χ3v) is 15.3. The number of nitrogens with zero attached hydrogens (tertiary/aromatic N) is 1. The lowest BCUT2D eigenvalue weighted by molar-refractivity contribution is -0.870. The second-order valence-electron chi connectivity index (χ2n) is 22.8. The molecule has 72 heavy (non-hydrogen) atoms. The highest BCUT2D eigenvalue weighted by Gasteiger charge is 2.27. The van der Waals surface area contributed by atoms with Gasteiger partial charge in [-0.1, -0.05) is 281 Å². The molecule has 0 saturated carbocycles. The Morgan fingerprint density at radius 3 is 1.11 bits per heavy atom. The molecule has 0 spiro atoms. The predicted molar refractivity (Wildman–Crippen MR) is 314 cm³/mol. The zero-order valence-electron chi connectivity index (χ0n) is 48.7. The number of phosphoric acid groups is 1. The number of unbranched alkanes of at least 4 members (excludes halogenated alkanes) is 41. The minimum Gasteiger partial charge on any atom is -0.387 e. The number of phosphoric ester groups is 1. The lowest BCUT2D eigenvalue weighted by atomic mass is 10.0. The summed E-state index contributed by atoms with van der Waals surface area (Å²) < 4.78 is 23.7. The Kier molecular flexibility index (Phi) is 53.5. The summed E-state index contributed by atoms with van der Waals surface area (Å²) in [6.07, 6.45) is 71.2. The van der Waals surface area contributed by atoms with Gasteiger partial charge in [0, 0.05) is 6.42 Å². The van der Waals surface area contributed by atoms with Gasteiger partial charge in [0.2, 0.25) is 5.91 Å². The molecule has 9 heteroatoms. The monoisotopic (exact) mass is 1040 g/mol. The second kappa shape index (κ2) is 54.5. The van der Waals surface area contributed by atoms with Gasteiger partial charge >= 0.3 is 7.82 Å². The van der Waals surface area contributed by atoms with Crippen LogP contribution in [0.25, 0.3) is 0 Å². The van der Waals surface area contributed by atoms with Crippen LogP contribution in [0.3, 0.4) is 0 Å². The molecule has 0 radical (unpaired) electrons. The molecule has 0 aromatic heterocycles. The van der Waals surface area contributed by atoms with Crippen molar-refractivity contribution < 1.29 is 32.9 Å². The van der Waals surface area contributed by atoms with Gasteiger partial charge in [0.25, 0.3) is 0 Å². The van der Waals surface area contributed by atoms with Crippen molar-refractivity contribution in [1.82, 2.24) is 5.32 Å². The molecule has 0 heterocycles. The van der Waals surface area contributed by atoms with E-state index >= 15 is 0 Å². The van der Waals surface area contributed by atoms with Gasteiger partial charge in [0.15, 0.2) is 0 Å². The second-order valence-corrected chi connectivity index (χ2v) is 24.2. The highest BCUT2D eigenvalue weighted by atomic mass is 31.2. The van der Waals surface area contributed by atoms with Crippen LogP contribution < -0.4 is 5.32 Å². The van der Waals surface area contributed by atoms with Crippen LogP contribution in [0.1, 0.15) is 309 Å². The topological polar surface area (TPSA) is 105 Å². The van der Waals surface area contributed by atoms with Gasteiger partial charge in [-0.15, -0.1) is 0 Å². The summed E-state index contributed by atoms with van der Waals surface area (Å²) in [4.78, 5) is 23.3. The van der Waals surface area contributed by atoms with Crippen molar-refractivity contribution in [1.29, 1.82) is 0 Å². The van der Waals surface area contributed by atoms with Gasteiger partial charge in [-0.05, 0) is 57.8 Å². The largest absolute Gasteiger partial charge is 0.472 e. The number of hydrogen-bond acceptors (Lipinski definition) is 5. The van der Waals surface area contributed by atoms with Crippen LogP contribution >= 0.6 is 7.82 Å². The first-order valence-electron chi connectivity index (χ1n) is 31.4. The zero-order valence-corrected chi connectivity index (χ0v) is 49.6. The van der Waals surface area contributed by atoms with E-state index in [1.54, 1.807) is 6.08 Å². The van der Waals surface area contributed by atoms with Crippen molar-refractivity contribution in [3.8, 4) is 0 Å².